The highest BCUT2D eigenvalue weighted by Gasteiger charge is 2.14. The van der Waals surface area contributed by atoms with Gasteiger partial charge in [0.25, 0.3) is 0 Å². The largest absolute Gasteiger partial charge is 0.372 e. The van der Waals surface area contributed by atoms with Gasteiger partial charge in [0.05, 0.1) is 6.04 Å². The van der Waals surface area contributed by atoms with E-state index >= 15 is 0 Å². The molecule has 1 aliphatic rings. The fourth-order valence-electron chi connectivity index (χ4n) is 2.41. The summed E-state index contributed by atoms with van der Waals surface area (Å²) in [5.74, 6) is -0.101. The first-order valence-electron chi connectivity index (χ1n) is 7.12. The topological polar surface area (TPSA) is 58.4 Å². The quantitative estimate of drug-likeness (QED) is 0.855. The third-order valence-corrected chi connectivity index (χ3v) is 3.54. The molecule has 0 saturated carbocycles. The summed E-state index contributed by atoms with van der Waals surface area (Å²) in [4.78, 5) is 14.2. The van der Waals surface area contributed by atoms with E-state index in [0.717, 1.165) is 31.6 Å². The normalized spacial score (nSPS) is 16.4. The molecular weight excluding hydrogens is 238 g/mol. The minimum atomic E-state index is -0.414. The molecule has 0 bridgehead atoms. The van der Waals surface area contributed by atoms with Crippen molar-refractivity contribution in [2.24, 2.45) is 5.73 Å². The number of benzene rings is 1. The lowest BCUT2D eigenvalue weighted by molar-refractivity contribution is -0.117. The van der Waals surface area contributed by atoms with Crippen LogP contribution in [0.4, 0.5) is 11.4 Å². The molecule has 1 saturated heterocycles. The van der Waals surface area contributed by atoms with Gasteiger partial charge in [-0.3, -0.25) is 4.79 Å². The number of nitrogens with two attached hydrogens (primary N) is 1. The van der Waals surface area contributed by atoms with Crippen molar-refractivity contribution in [3.05, 3.63) is 24.3 Å². The Labute approximate surface area is 115 Å². The van der Waals surface area contributed by atoms with Gasteiger partial charge in [-0.05, 0) is 43.5 Å². The summed E-state index contributed by atoms with van der Waals surface area (Å²) >= 11 is 0. The SMILES string of the molecule is CCC[C@@H](N)C(=O)Nc1ccc(N2CCCC2)cc1. The molecule has 4 heteroatoms. The van der Waals surface area contributed by atoms with Crippen LogP contribution in [0.3, 0.4) is 0 Å². The van der Waals surface area contributed by atoms with E-state index in [1.54, 1.807) is 0 Å². The molecule has 1 heterocycles. The Kier molecular flexibility index (Phi) is 4.80. The van der Waals surface area contributed by atoms with Crippen molar-refractivity contribution in [2.75, 3.05) is 23.3 Å². The number of hydrogen-bond donors (Lipinski definition) is 2. The van der Waals surface area contributed by atoms with Gasteiger partial charge in [-0.2, -0.15) is 0 Å². The van der Waals surface area contributed by atoms with E-state index in [1.165, 1.54) is 18.5 Å². The van der Waals surface area contributed by atoms with E-state index in [9.17, 15) is 4.79 Å². The van der Waals surface area contributed by atoms with Crippen molar-refractivity contribution in [1.29, 1.82) is 0 Å². The van der Waals surface area contributed by atoms with Crippen molar-refractivity contribution in [3.8, 4) is 0 Å². The van der Waals surface area contributed by atoms with Crippen molar-refractivity contribution < 1.29 is 4.79 Å². The number of carbonyl (C=O) groups excluding carboxylic acids is 1. The fourth-order valence-corrected chi connectivity index (χ4v) is 2.41. The van der Waals surface area contributed by atoms with Gasteiger partial charge in [0, 0.05) is 24.5 Å². The van der Waals surface area contributed by atoms with Gasteiger partial charge in [0.15, 0.2) is 0 Å². The van der Waals surface area contributed by atoms with E-state index in [1.807, 2.05) is 19.1 Å². The zero-order valence-electron chi connectivity index (χ0n) is 11.6. The number of nitrogens with zero attached hydrogens (tertiary/aromatic N) is 1. The van der Waals surface area contributed by atoms with Gasteiger partial charge in [0.2, 0.25) is 5.91 Å². The number of amides is 1. The molecule has 4 nitrogen and oxygen atoms in total. The maximum Gasteiger partial charge on any atom is 0.241 e. The Hall–Kier alpha value is -1.55. The zero-order valence-corrected chi connectivity index (χ0v) is 11.6. The van der Waals surface area contributed by atoms with Crippen molar-refractivity contribution >= 4 is 17.3 Å². The molecular formula is C15H23N3O. The van der Waals surface area contributed by atoms with Gasteiger partial charge in [0.1, 0.15) is 0 Å². The van der Waals surface area contributed by atoms with Crippen molar-refractivity contribution in [2.45, 2.75) is 38.6 Å². The molecule has 0 unspecified atom stereocenters. The lowest BCUT2D eigenvalue weighted by Crippen LogP contribution is -2.35. The third kappa shape index (κ3) is 3.70. The van der Waals surface area contributed by atoms with Gasteiger partial charge >= 0.3 is 0 Å². The maximum atomic E-state index is 11.8. The van der Waals surface area contributed by atoms with E-state index in [2.05, 4.69) is 22.3 Å². The highest BCUT2D eigenvalue weighted by Crippen LogP contribution is 2.22. The summed E-state index contributed by atoms with van der Waals surface area (Å²) < 4.78 is 0. The van der Waals surface area contributed by atoms with Crippen LogP contribution in [0.25, 0.3) is 0 Å². The minimum absolute atomic E-state index is 0.101. The second kappa shape index (κ2) is 6.57. The van der Waals surface area contributed by atoms with Gasteiger partial charge in [-0.15, -0.1) is 0 Å². The molecule has 1 fully saturated rings. The van der Waals surface area contributed by atoms with Crippen LogP contribution < -0.4 is 16.0 Å². The highest BCUT2D eigenvalue weighted by atomic mass is 16.2. The van der Waals surface area contributed by atoms with Crippen LogP contribution in [0.2, 0.25) is 0 Å². The molecule has 0 radical (unpaired) electrons. The minimum Gasteiger partial charge on any atom is -0.372 e. The fraction of sp³-hybridized carbons (Fsp3) is 0.533. The molecule has 1 atom stereocenters. The monoisotopic (exact) mass is 261 g/mol. The first-order valence-corrected chi connectivity index (χ1v) is 7.12. The summed E-state index contributed by atoms with van der Waals surface area (Å²) in [7, 11) is 0. The molecule has 1 aromatic carbocycles. The zero-order chi connectivity index (χ0) is 13.7. The number of rotatable bonds is 5. The van der Waals surface area contributed by atoms with E-state index in [-0.39, 0.29) is 5.91 Å². The van der Waals surface area contributed by atoms with E-state index < -0.39 is 6.04 Å². The second-order valence-corrected chi connectivity index (χ2v) is 5.13. The first-order chi connectivity index (χ1) is 9.20. The van der Waals surface area contributed by atoms with E-state index in [0.29, 0.717) is 0 Å². The van der Waals surface area contributed by atoms with Crippen LogP contribution in [0.15, 0.2) is 24.3 Å². The van der Waals surface area contributed by atoms with Crippen LogP contribution in [-0.2, 0) is 4.79 Å². The molecule has 2 rings (SSSR count). The lowest BCUT2D eigenvalue weighted by atomic mass is 10.1. The molecule has 104 valence electrons. The maximum absolute atomic E-state index is 11.8. The molecule has 0 aromatic heterocycles. The molecule has 0 aliphatic carbocycles. The summed E-state index contributed by atoms with van der Waals surface area (Å²) in [6.45, 7) is 4.29. The molecule has 1 amide bonds. The average molecular weight is 261 g/mol. The Morgan fingerprint density at radius 3 is 2.53 bits per heavy atom. The van der Waals surface area contributed by atoms with Crippen LogP contribution >= 0.6 is 0 Å². The Morgan fingerprint density at radius 1 is 1.32 bits per heavy atom. The van der Waals surface area contributed by atoms with Crippen LogP contribution in [0.5, 0.6) is 0 Å². The molecule has 19 heavy (non-hydrogen) atoms. The Bertz CT molecular complexity index is 410. The average Bonchev–Trinajstić information content (AvgIpc) is 2.94. The molecule has 0 spiro atoms. The Balaban J connectivity index is 1.92. The first kappa shape index (κ1) is 13.9. The van der Waals surface area contributed by atoms with Crippen LogP contribution in [-0.4, -0.2) is 25.0 Å². The Morgan fingerprint density at radius 2 is 1.95 bits per heavy atom. The predicted octanol–water partition coefficient (Wildman–Crippen LogP) is 2.35. The smallest absolute Gasteiger partial charge is 0.241 e. The summed E-state index contributed by atoms with van der Waals surface area (Å²) in [5.41, 5.74) is 7.83. The summed E-state index contributed by atoms with van der Waals surface area (Å²) in [6, 6.07) is 7.61. The molecule has 1 aromatic rings. The second-order valence-electron chi connectivity index (χ2n) is 5.13. The third-order valence-electron chi connectivity index (χ3n) is 3.54. The molecule has 3 N–H and O–H groups in total. The summed E-state index contributed by atoms with van der Waals surface area (Å²) in [5, 5.41) is 2.86. The predicted molar refractivity (Wildman–Crippen MR) is 79.4 cm³/mol. The van der Waals surface area contributed by atoms with Crippen molar-refractivity contribution in [3.63, 3.8) is 0 Å². The number of hydrogen-bond acceptors (Lipinski definition) is 3. The van der Waals surface area contributed by atoms with Gasteiger partial charge < -0.3 is 16.0 Å². The standard InChI is InChI=1S/C15H23N3O/c1-2-5-14(16)15(19)17-12-6-8-13(9-7-12)18-10-3-4-11-18/h6-9,14H,2-5,10-11,16H2,1H3,(H,17,19)/t14-/m1/s1. The highest BCUT2D eigenvalue weighted by molar-refractivity contribution is 5.94. The van der Waals surface area contributed by atoms with Crippen LogP contribution in [0, 0.1) is 0 Å². The lowest BCUT2D eigenvalue weighted by Gasteiger charge is -2.18. The summed E-state index contributed by atoms with van der Waals surface area (Å²) in [6.07, 6.45) is 4.18. The number of carbonyl (C=O) groups is 1. The van der Waals surface area contributed by atoms with Gasteiger partial charge in [-0.25, -0.2) is 0 Å². The van der Waals surface area contributed by atoms with Gasteiger partial charge in [-0.1, -0.05) is 13.3 Å². The van der Waals surface area contributed by atoms with Crippen molar-refractivity contribution in [1.82, 2.24) is 0 Å². The van der Waals surface area contributed by atoms with Crippen LogP contribution in [0.1, 0.15) is 32.6 Å². The number of anilines is 2. The molecule has 1 aliphatic heterocycles. The number of nitrogens with one attached hydrogen (secondary N) is 1. The van der Waals surface area contributed by atoms with E-state index in [4.69, 9.17) is 5.73 Å².